The third-order valence-corrected chi connectivity index (χ3v) is 4.17. The number of likely N-dealkylation sites (N-methyl/N-ethyl adjacent to an activating group) is 1. The smallest absolute Gasteiger partial charge is 0.261 e. The van der Waals surface area contributed by atoms with Crippen molar-refractivity contribution in [3.63, 3.8) is 0 Å². The average molecular weight is 341 g/mol. The van der Waals surface area contributed by atoms with E-state index >= 15 is 0 Å². The molecule has 1 aromatic heterocycles. The second-order valence-electron chi connectivity index (χ2n) is 5.88. The van der Waals surface area contributed by atoms with Gasteiger partial charge in [0, 0.05) is 24.0 Å². The summed E-state index contributed by atoms with van der Waals surface area (Å²) >= 11 is 0. The van der Waals surface area contributed by atoms with Crippen molar-refractivity contribution in [2.24, 2.45) is 0 Å². The van der Waals surface area contributed by atoms with E-state index in [0.29, 0.717) is 0 Å². The average Bonchev–Trinajstić information content (AvgIpc) is 3.02. The lowest BCUT2D eigenvalue weighted by Gasteiger charge is -2.13. The molecule has 26 heavy (non-hydrogen) atoms. The summed E-state index contributed by atoms with van der Waals surface area (Å²) in [4.78, 5) is 11.9. The maximum absolute atomic E-state index is 11.9. The SMILES string of the molecule is CNC(=O)/C(C#N)=C\c1cc(C)n(-c2ccccc2)c1-c1ccccc1. The van der Waals surface area contributed by atoms with Gasteiger partial charge in [-0.05, 0) is 36.8 Å². The second-order valence-corrected chi connectivity index (χ2v) is 5.88. The Morgan fingerprint density at radius 3 is 2.27 bits per heavy atom. The molecule has 0 unspecified atom stereocenters. The molecule has 0 radical (unpaired) electrons. The highest BCUT2D eigenvalue weighted by Gasteiger charge is 2.16. The first-order valence-corrected chi connectivity index (χ1v) is 8.32. The highest BCUT2D eigenvalue weighted by atomic mass is 16.1. The third-order valence-electron chi connectivity index (χ3n) is 4.17. The van der Waals surface area contributed by atoms with Crippen LogP contribution >= 0.6 is 0 Å². The molecule has 0 aliphatic heterocycles. The van der Waals surface area contributed by atoms with Gasteiger partial charge in [-0.3, -0.25) is 4.79 Å². The largest absolute Gasteiger partial charge is 0.354 e. The summed E-state index contributed by atoms with van der Waals surface area (Å²) in [6, 6.07) is 24.0. The number of para-hydroxylation sites is 1. The van der Waals surface area contributed by atoms with E-state index in [9.17, 15) is 10.1 Å². The first kappa shape index (κ1) is 17.2. The van der Waals surface area contributed by atoms with Crippen LogP contribution in [0.4, 0.5) is 0 Å². The summed E-state index contributed by atoms with van der Waals surface area (Å²) in [6.45, 7) is 2.02. The van der Waals surface area contributed by atoms with Gasteiger partial charge in [-0.15, -0.1) is 0 Å². The van der Waals surface area contributed by atoms with Crippen LogP contribution in [0, 0.1) is 18.3 Å². The van der Waals surface area contributed by atoms with Crippen molar-refractivity contribution < 1.29 is 4.79 Å². The number of benzene rings is 2. The van der Waals surface area contributed by atoms with Gasteiger partial charge >= 0.3 is 0 Å². The Kier molecular flexibility index (Phi) is 5.00. The molecule has 0 spiro atoms. The molecule has 1 N–H and O–H groups in total. The van der Waals surface area contributed by atoms with Crippen LogP contribution in [0.2, 0.25) is 0 Å². The van der Waals surface area contributed by atoms with Crippen molar-refractivity contribution in [3.05, 3.63) is 83.6 Å². The molecule has 2 aromatic carbocycles. The summed E-state index contributed by atoms with van der Waals surface area (Å²) in [5.74, 6) is -0.392. The lowest BCUT2D eigenvalue weighted by Crippen LogP contribution is -2.19. The van der Waals surface area contributed by atoms with Crippen molar-refractivity contribution in [2.75, 3.05) is 7.05 Å². The fraction of sp³-hybridized carbons (Fsp3) is 0.0909. The van der Waals surface area contributed by atoms with E-state index in [1.54, 1.807) is 6.08 Å². The Hall–Kier alpha value is -3.58. The van der Waals surface area contributed by atoms with Crippen molar-refractivity contribution in [1.29, 1.82) is 5.26 Å². The third kappa shape index (κ3) is 3.28. The highest BCUT2D eigenvalue weighted by Crippen LogP contribution is 2.32. The first-order valence-electron chi connectivity index (χ1n) is 8.32. The Morgan fingerprint density at radius 2 is 1.69 bits per heavy atom. The van der Waals surface area contributed by atoms with Gasteiger partial charge in [-0.2, -0.15) is 5.26 Å². The minimum Gasteiger partial charge on any atom is -0.354 e. The molecule has 0 saturated carbocycles. The van der Waals surface area contributed by atoms with Gasteiger partial charge in [-0.25, -0.2) is 0 Å². The number of carbonyl (C=O) groups is 1. The van der Waals surface area contributed by atoms with E-state index in [4.69, 9.17) is 0 Å². The molecule has 3 aromatic rings. The number of nitrogens with zero attached hydrogens (tertiary/aromatic N) is 2. The van der Waals surface area contributed by atoms with Crippen molar-refractivity contribution >= 4 is 12.0 Å². The molecule has 1 heterocycles. The Bertz CT molecular complexity index is 993. The number of amides is 1. The Labute approximate surface area is 153 Å². The van der Waals surface area contributed by atoms with E-state index in [0.717, 1.165) is 28.2 Å². The lowest BCUT2D eigenvalue weighted by molar-refractivity contribution is -0.116. The van der Waals surface area contributed by atoms with E-state index in [1.807, 2.05) is 79.7 Å². The van der Waals surface area contributed by atoms with Crippen LogP contribution in [-0.2, 0) is 4.79 Å². The van der Waals surface area contributed by atoms with E-state index in [1.165, 1.54) is 7.05 Å². The van der Waals surface area contributed by atoms with Crippen LogP contribution in [0.5, 0.6) is 0 Å². The minimum absolute atomic E-state index is 0.0786. The molecule has 0 bridgehead atoms. The van der Waals surface area contributed by atoms with Gasteiger partial charge in [0.1, 0.15) is 11.6 Å². The van der Waals surface area contributed by atoms with Crippen LogP contribution in [0.15, 0.2) is 72.3 Å². The molecule has 0 aliphatic carbocycles. The van der Waals surface area contributed by atoms with Crippen LogP contribution in [0.1, 0.15) is 11.3 Å². The number of carbonyl (C=O) groups excluding carboxylic acids is 1. The summed E-state index contributed by atoms with van der Waals surface area (Å²) in [5, 5.41) is 11.9. The van der Waals surface area contributed by atoms with Crippen LogP contribution in [0.25, 0.3) is 23.0 Å². The van der Waals surface area contributed by atoms with Gasteiger partial charge in [0.2, 0.25) is 0 Å². The van der Waals surface area contributed by atoms with Crippen molar-refractivity contribution in [2.45, 2.75) is 6.92 Å². The van der Waals surface area contributed by atoms with Crippen LogP contribution < -0.4 is 5.32 Å². The minimum atomic E-state index is -0.392. The Balaban J connectivity index is 2.29. The summed E-state index contributed by atoms with van der Waals surface area (Å²) in [5.41, 5.74) is 4.93. The molecule has 0 saturated heterocycles. The van der Waals surface area contributed by atoms with Gasteiger partial charge in [0.25, 0.3) is 5.91 Å². The summed E-state index contributed by atoms with van der Waals surface area (Å²) in [6.07, 6.45) is 1.65. The highest BCUT2D eigenvalue weighted by molar-refractivity contribution is 6.02. The number of aryl methyl sites for hydroxylation is 1. The molecule has 0 aliphatic rings. The summed E-state index contributed by atoms with van der Waals surface area (Å²) in [7, 11) is 1.52. The number of rotatable bonds is 4. The lowest BCUT2D eigenvalue weighted by atomic mass is 10.1. The van der Waals surface area contributed by atoms with E-state index < -0.39 is 5.91 Å². The number of aromatic nitrogens is 1. The Morgan fingerprint density at radius 1 is 1.08 bits per heavy atom. The molecular weight excluding hydrogens is 322 g/mol. The van der Waals surface area contributed by atoms with Gasteiger partial charge in [-0.1, -0.05) is 48.5 Å². The number of hydrogen-bond donors (Lipinski definition) is 1. The first-order chi connectivity index (χ1) is 12.7. The molecule has 0 atom stereocenters. The molecular formula is C22H19N3O. The molecule has 3 rings (SSSR count). The maximum atomic E-state index is 11.9. The molecule has 4 heteroatoms. The summed E-state index contributed by atoms with van der Waals surface area (Å²) < 4.78 is 2.14. The zero-order chi connectivity index (χ0) is 18.5. The van der Waals surface area contributed by atoms with Crippen LogP contribution in [0.3, 0.4) is 0 Å². The van der Waals surface area contributed by atoms with Crippen LogP contribution in [-0.4, -0.2) is 17.5 Å². The normalized spacial score (nSPS) is 11.0. The topological polar surface area (TPSA) is 57.8 Å². The monoisotopic (exact) mass is 341 g/mol. The van der Waals surface area contributed by atoms with Crippen molar-refractivity contribution in [1.82, 2.24) is 9.88 Å². The fourth-order valence-electron chi connectivity index (χ4n) is 3.01. The molecule has 0 fully saturated rings. The number of hydrogen-bond acceptors (Lipinski definition) is 2. The second kappa shape index (κ2) is 7.54. The quantitative estimate of drug-likeness (QED) is 0.573. The number of nitrogens with one attached hydrogen (secondary N) is 1. The zero-order valence-corrected chi connectivity index (χ0v) is 14.7. The van der Waals surface area contributed by atoms with E-state index in [2.05, 4.69) is 9.88 Å². The fourth-order valence-corrected chi connectivity index (χ4v) is 3.01. The molecule has 4 nitrogen and oxygen atoms in total. The standard InChI is InChI=1S/C22H19N3O/c1-16-13-18(14-19(15-23)22(26)24-2)21(17-9-5-3-6-10-17)25(16)20-11-7-4-8-12-20/h3-14H,1-2H3,(H,24,26)/b19-14-. The molecule has 1 amide bonds. The predicted octanol–water partition coefficient (Wildman–Crippen LogP) is 4.11. The van der Waals surface area contributed by atoms with Gasteiger partial charge < -0.3 is 9.88 Å². The zero-order valence-electron chi connectivity index (χ0n) is 14.7. The van der Waals surface area contributed by atoms with Gasteiger partial charge in [0.15, 0.2) is 0 Å². The number of nitriles is 1. The van der Waals surface area contributed by atoms with Gasteiger partial charge in [0.05, 0.1) is 5.69 Å². The molecule has 128 valence electrons. The maximum Gasteiger partial charge on any atom is 0.261 e. The predicted molar refractivity (Wildman–Crippen MR) is 104 cm³/mol. The van der Waals surface area contributed by atoms with E-state index in [-0.39, 0.29) is 5.57 Å². The van der Waals surface area contributed by atoms with Crippen molar-refractivity contribution in [3.8, 4) is 23.0 Å².